The molecule has 4 aromatic carbocycles. The molecule has 2 saturated heterocycles. The SMILES string of the molecule is CNC(=O)CCC(C=O)N1C(=O)c2cccc3c(C4CCN(C(=O)Nc5cccc(CSN6CCC(Oc7cccc(-c8sc(C(=O)O)c(OCC(=O)O)c8Cl)c7)CC6(C)C)c5)CC4)ccc1c23. The molecule has 1 aromatic heterocycles. The molecule has 3 aliphatic heterocycles. The van der Waals surface area contributed by atoms with E-state index in [4.69, 9.17) is 26.2 Å². The normalized spacial score (nSPS) is 17.5. The first-order valence-corrected chi connectivity index (χ1v) is 24.6. The first-order valence-electron chi connectivity index (χ1n) is 22.4. The van der Waals surface area contributed by atoms with Crippen LogP contribution in [-0.4, -0.2) is 106 Å². The number of carbonyl (C=O) groups is 6. The maximum Gasteiger partial charge on any atom is 0.349 e. The number of carbonyl (C=O) groups excluding carboxylic acids is 4. The largest absolute Gasteiger partial charge is 0.490 e. The summed E-state index contributed by atoms with van der Waals surface area (Å²) in [4.78, 5) is 78.0. The minimum absolute atomic E-state index is 0.0347. The highest BCUT2D eigenvalue weighted by Crippen LogP contribution is 2.47. The van der Waals surface area contributed by atoms with Gasteiger partial charge in [0.05, 0.1) is 16.6 Å². The molecular formula is C50H52ClN5O10S2. The predicted molar refractivity (Wildman–Crippen MR) is 264 cm³/mol. The molecule has 0 bridgehead atoms. The second-order valence-corrected chi connectivity index (χ2v) is 20.1. The fourth-order valence-electron chi connectivity index (χ4n) is 9.42. The van der Waals surface area contributed by atoms with Crippen LogP contribution >= 0.6 is 34.9 Å². The molecule has 0 saturated carbocycles. The molecule has 4 N–H and O–H groups in total. The Morgan fingerprint density at radius 1 is 0.985 bits per heavy atom. The van der Waals surface area contributed by atoms with Crippen LogP contribution < -0.4 is 25.0 Å². The van der Waals surface area contributed by atoms with E-state index in [2.05, 4.69) is 34.9 Å². The highest BCUT2D eigenvalue weighted by molar-refractivity contribution is 7.96. The van der Waals surface area contributed by atoms with E-state index in [1.807, 2.05) is 53.4 Å². The van der Waals surface area contributed by atoms with Crippen LogP contribution in [-0.2, 0) is 20.1 Å². The van der Waals surface area contributed by atoms with Gasteiger partial charge in [0.15, 0.2) is 17.2 Å². The van der Waals surface area contributed by atoms with E-state index in [1.54, 1.807) is 43.3 Å². The number of halogens is 1. The van der Waals surface area contributed by atoms with E-state index < -0.39 is 24.6 Å². The van der Waals surface area contributed by atoms with Gasteiger partial charge < -0.3 is 40.0 Å². The number of anilines is 2. The lowest BCUT2D eigenvalue weighted by Crippen LogP contribution is -2.49. The molecule has 5 aromatic rings. The molecule has 2 atom stereocenters. The number of aliphatic carboxylic acids is 1. The number of nitrogens with zero attached hydrogens (tertiary/aromatic N) is 3. The first kappa shape index (κ1) is 48.3. The number of likely N-dealkylation sites (tertiary alicyclic amines) is 1. The molecule has 8 rings (SSSR count). The Morgan fingerprint density at radius 2 is 1.75 bits per heavy atom. The van der Waals surface area contributed by atoms with Crippen molar-refractivity contribution in [1.82, 2.24) is 14.5 Å². The molecule has 0 radical (unpaired) electrons. The zero-order valence-electron chi connectivity index (χ0n) is 37.8. The lowest BCUT2D eigenvalue weighted by molar-refractivity contribution is -0.139. The van der Waals surface area contributed by atoms with Crippen molar-refractivity contribution in [2.75, 3.05) is 43.5 Å². The molecule has 4 amide bonds. The Kier molecular flexibility index (Phi) is 14.6. The number of aromatic carboxylic acids is 1. The Hall–Kier alpha value is -6.14. The monoisotopic (exact) mass is 981 g/mol. The summed E-state index contributed by atoms with van der Waals surface area (Å²) < 4.78 is 14.1. The summed E-state index contributed by atoms with van der Waals surface area (Å²) in [5, 5.41) is 26.3. The number of nitrogens with one attached hydrogen (secondary N) is 2. The zero-order chi connectivity index (χ0) is 48.3. The van der Waals surface area contributed by atoms with Gasteiger partial charge in [-0.2, -0.15) is 0 Å². The molecule has 0 aliphatic carbocycles. The standard InChI is InChI=1S/C50H52ClN5O10S2/c1-50(2)25-35(66-34-10-5-8-31(24-34)45-43(51)44(65-27-41(59)60)46(68-45)48(62)63)19-22-55(50)67-28-29-7-4-9-32(23-29)53-49(64)54-20-17-30(18-21-54)36-14-15-39-42-37(36)11-6-12-38(42)47(61)56(39)33(26-57)13-16-40(58)52-3/h4-12,14-15,23-24,26,30,33,35H,13,16-22,25,27-28H2,1-3H3,(H,52,58)(H,53,64)(H,59,60)(H,62,63). The first-order chi connectivity index (χ1) is 32.6. The number of ether oxygens (including phenoxy) is 2. The lowest BCUT2D eigenvalue weighted by Gasteiger charge is -2.44. The number of amides is 4. The van der Waals surface area contributed by atoms with E-state index in [-0.39, 0.29) is 63.9 Å². The summed E-state index contributed by atoms with van der Waals surface area (Å²) in [5.41, 5.74) is 4.56. The summed E-state index contributed by atoms with van der Waals surface area (Å²) in [5.74, 6) is -1.64. The van der Waals surface area contributed by atoms with Crippen molar-refractivity contribution in [2.45, 2.75) is 81.7 Å². The van der Waals surface area contributed by atoms with Gasteiger partial charge in [0.1, 0.15) is 23.2 Å². The van der Waals surface area contributed by atoms with E-state index in [0.717, 1.165) is 77.4 Å². The minimum Gasteiger partial charge on any atom is -0.490 e. The van der Waals surface area contributed by atoms with Gasteiger partial charge in [-0.05, 0) is 104 Å². The predicted octanol–water partition coefficient (Wildman–Crippen LogP) is 9.32. The second kappa shape index (κ2) is 20.6. The third-order valence-electron chi connectivity index (χ3n) is 12.8. The van der Waals surface area contributed by atoms with E-state index in [0.29, 0.717) is 46.3 Å². The average molecular weight is 983 g/mol. The van der Waals surface area contributed by atoms with Crippen LogP contribution in [0.5, 0.6) is 11.5 Å². The zero-order valence-corrected chi connectivity index (χ0v) is 40.2. The molecule has 18 heteroatoms. The summed E-state index contributed by atoms with van der Waals surface area (Å²) >= 11 is 9.19. The Balaban J connectivity index is 0.836. The quantitative estimate of drug-likeness (QED) is 0.0510. The third kappa shape index (κ3) is 10.3. The van der Waals surface area contributed by atoms with Gasteiger partial charge >= 0.3 is 18.0 Å². The fraction of sp³-hybridized carbons (Fsp3) is 0.360. The summed E-state index contributed by atoms with van der Waals surface area (Å²) in [6.45, 7) is 5.56. The Morgan fingerprint density at radius 3 is 2.47 bits per heavy atom. The number of benzene rings is 4. The van der Waals surface area contributed by atoms with Gasteiger partial charge in [0.25, 0.3) is 5.91 Å². The van der Waals surface area contributed by atoms with Crippen molar-refractivity contribution in [1.29, 1.82) is 0 Å². The lowest BCUT2D eigenvalue weighted by atomic mass is 9.85. The molecule has 0 spiro atoms. The fourth-order valence-corrected chi connectivity index (χ4v) is 12.0. The molecule has 4 heterocycles. The number of rotatable bonds is 17. The van der Waals surface area contributed by atoms with E-state index in [9.17, 15) is 33.9 Å². The van der Waals surface area contributed by atoms with Crippen molar-refractivity contribution in [3.05, 3.63) is 105 Å². The van der Waals surface area contributed by atoms with Crippen molar-refractivity contribution >= 4 is 93.1 Å². The molecule has 68 heavy (non-hydrogen) atoms. The summed E-state index contributed by atoms with van der Waals surface area (Å²) in [7, 11) is 1.54. The van der Waals surface area contributed by atoms with Crippen LogP contribution in [0.25, 0.3) is 21.2 Å². The number of carboxylic acids is 2. The summed E-state index contributed by atoms with van der Waals surface area (Å²) in [6, 6.07) is 23.9. The van der Waals surface area contributed by atoms with Crippen LogP contribution in [0.1, 0.15) is 89.4 Å². The maximum absolute atomic E-state index is 13.6. The molecule has 2 unspecified atom stereocenters. The Bertz CT molecular complexity index is 2770. The van der Waals surface area contributed by atoms with Gasteiger partial charge in [0, 0.05) is 67.5 Å². The van der Waals surface area contributed by atoms with Crippen LogP contribution in [0.3, 0.4) is 0 Å². The van der Waals surface area contributed by atoms with Crippen LogP contribution in [0.2, 0.25) is 5.02 Å². The van der Waals surface area contributed by atoms with Gasteiger partial charge in [0.2, 0.25) is 5.91 Å². The number of hydrogen-bond donors (Lipinski definition) is 4. The van der Waals surface area contributed by atoms with Crippen molar-refractivity contribution < 1.29 is 48.5 Å². The second-order valence-electron chi connectivity index (χ2n) is 17.7. The topological polar surface area (TPSA) is 195 Å². The molecular weight excluding hydrogens is 930 g/mol. The van der Waals surface area contributed by atoms with Crippen molar-refractivity contribution in [3.8, 4) is 21.9 Å². The van der Waals surface area contributed by atoms with Crippen molar-refractivity contribution in [3.63, 3.8) is 0 Å². The van der Waals surface area contributed by atoms with Crippen molar-refractivity contribution in [2.24, 2.45) is 0 Å². The number of piperidine rings is 2. The van der Waals surface area contributed by atoms with Gasteiger partial charge in [-0.3, -0.25) is 14.5 Å². The minimum atomic E-state index is -1.27. The van der Waals surface area contributed by atoms with E-state index >= 15 is 0 Å². The van der Waals surface area contributed by atoms with Gasteiger partial charge in [-0.25, -0.2) is 18.7 Å². The Labute approximate surface area is 406 Å². The van der Waals surface area contributed by atoms with Crippen LogP contribution in [0.15, 0.2) is 78.9 Å². The van der Waals surface area contributed by atoms with Crippen LogP contribution in [0, 0.1) is 0 Å². The highest BCUT2D eigenvalue weighted by atomic mass is 35.5. The maximum atomic E-state index is 13.6. The smallest absolute Gasteiger partial charge is 0.349 e. The number of carboxylic acid groups (broad SMARTS) is 2. The van der Waals surface area contributed by atoms with Gasteiger partial charge in [-0.15, -0.1) is 11.3 Å². The number of urea groups is 1. The van der Waals surface area contributed by atoms with E-state index in [1.165, 1.54) is 4.90 Å². The number of aldehydes is 1. The summed E-state index contributed by atoms with van der Waals surface area (Å²) in [6.07, 6.45) is 4.03. The van der Waals surface area contributed by atoms with Crippen LogP contribution in [0.4, 0.5) is 16.2 Å². The third-order valence-corrected chi connectivity index (χ3v) is 15.9. The number of thiophene rings is 1. The van der Waals surface area contributed by atoms with Gasteiger partial charge in [-0.1, -0.05) is 66.0 Å². The molecule has 15 nitrogen and oxygen atoms in total. The average Bonchev–Trinajstić information content (AvgIpc) is 3.81. The number of hydrogen-bond acceptors (Lipinski definition) is 11. The molecule has 2 fully saturated rings. The highest BCUT2D eigenvalue weighted by Gasteiger charge is 2.38. The molecule has 356 valence electrons. The molecule has 3 aliphatic rings.